The molecule has 0 saturated carbocycles. The minimum Gasteiger partial charge on any atom is -0.393 e. The molecule has 1 aromatic rings. The minimum absolute atomic E-state index is 0.281. The van der Waals surface area contributed by atoms with Crippen LogP contribution in [0, 0.1) is 18.3 Å². The van der Waals surface area contributed by atoms with E-state index in [0.29, 0.717) is 18.8 Å². The highest BCUT2D eigenvalue weighted by Gasteiger charge is 2.18. The zero-order valence-electron chi connectivity index (χ0n) is 10.5. The van der Waals surface area contributed by atoms with Gasteiger partial charge >= 0.3 is 0 Å². The first-order valence-corrected chi connectivity index (χ1v) is 5.50. The number of hydrogen-bond acceptors (Lipinski definition) is 4. The van der Waals surface area contributed by atoms with Gasteiger partial charge < -0.3 is 20.1 Å². The first-order chi connectivity index (χ1) is 7.91. The second kappa shape index (κ2) is 5.32. The molecule has 1 heterocycles. The van der Waals surface area contributed by atoms with Crippen molar-refractivity contribution in [3.63, 3.8) is 0 Å². The molecule has 5 heteroatoms. The Kier molecular flexibility index (Phi) is 4.29. The molecule has 0 amide bonds. The number of nitriles is 1. The molecule has 0 fully saturated rings. The predicted molar refractivity (Wildman–Crippen MR) is 64.3 cm³/mol. The highest BCUT2D eigenvalue weighted by atomic mass is 16.3. The Morgan fingerprint density at radius 2 is 2.24 bits per heavy atom. The maximum atomic E-state index is 9.61. The molecule has 5 nitrogen and oxygen atoms in total. The first-order valence-electron chi connectivity index (χ1n) is 5.50. The van der Waals surface area contributed by atoms with Gasteiger partial charge in [-0.1, -0.05) is 0 Å². The second-order valence-corrected chi connectivity index (χ2v) is 4.57. The zero-order chi connectivity index (χ0) is 13.1. The molecule has 0 aliphatic carbocycles. The van der Waals surface area contributed by atoms with Crippen molar-refractivity contribution in [3.8, 4) is 6.07 Å². The van der Waals surface area contributed by atoms with Crippen LogP contribution in [0.5, 0.6) is 0 Å². The summed E-state index contributed by atoms with van der Waals surface area (Å²) in [6.07, 6.45) is 0. The average Bonchev–Trinajstić information content (AvgIpc) is 2.57. The maximum absolute atomic E-state index is 9.61. The number of aliphatic hydroxyl groups excluding tert-OH is 1. The van der Waals surface area contributed by atoms with Gasteiger partial charge in [0.15, 0.2) is 0 Å². The average molecular weight is 237 g/mol. The van der Waals surface area contributed by atoms with E-state index in [4.69, 9.17) is 10.4 Å². The van der Waals surface area contributed by atoms with Gasteiger partial charge in [0.1, 0.15) is 11.8 Å². The van der Waals surface area contributed by atoms with Crippen molar-refractivity contribution in [2.24, 2.45) is 7.05 Å². The predicted octanol–water partition coefficient (Wildman–Crippen LogP) is 0.0381. The molecule has 0 aromatic carbocycles. The summed E-state index contributed by atoms with van der Waals surface area (Å²) in [5, 5.41) is 30.5. The standard InChI is InChI=1S/C12H19N3O2/c1-9-10(4-11(5-13)15(9)3)6-14-7-12(2,17)8-16/h4,14,16-17H,6-8H2,1-3H3. The van der Waals surface area contributed by atoms with Crippen LogP contribution in [0.1, 0.15) is 23.9 Å². The van der Waals surface area contributed by atoms with Crippen LogP contribution in [0.4, 0.5) is 0 Å². The second-order valence-electron chi connectivity index (χ2n) is 4.57. The fourth-order valence-corrected chi connectivity index (χ4v) is 1.57. The number of nitrogens with one attached hydrogen (secondary N) is 1. The van der Waals surface area contributed by atoms with Crippen molar-refractivity contribution in [1.29, 1.82) is 5.26 Å². The van der Waals surface area contributed by atoms with Crippen LogP contribution in [0.3, 0.4) is 0 Å². The van der Waals surface area contributed by atoms with E-state index in [2.05, 4.69) is 11.4 Å². The molecular weight excluding hydrogens is 218 g/mol. The monoisotopic (exact) mass is 237 g/mol. The normalized spacial score (nSPS) is 14.4. The molecule has 94 valence electrons. The van der Waals surface area contributed by atoms with E-state index < -0.39 is 5.60 Å². The number of rotatable bonds is 5. The summed E-state index contributed by atoms with van der Waals surface area (Å²) >= 11 is 0. The van der Waals surface area contributed by atoms with Gasteiger partial charge in [-0.2, -0.15) is 5.26 Å². The van der Waals surface area contributed by atoms with Crippen LogP contribution < -0.4 is 5.32 Å². The quantitative estimate of drug-likeness (QED) is 0.675. The fraction of sp³-hybridized carbons (Fsp3) is 0.583. The minimum atomic E-state index is -1.11. The topological polar surface area (TPSA) is 81.2 Å². The fourth-order valence-electron chi connectivity index (χ4n) is 1.57. The van der Waals surface area contributed by atoms with E-state index in [-0.39, 0.29) is 6.61 Å². The van der Waals surface area contributed by atoms with E-state index in [9.17, 15) is 5.11 Å². The SMILES string of the molecule is Cc1c(CNCC(C)(O)CO)cc(C#N)n1C. The van der Waals surface area contributed by atoms with Gasteiger partial charge in [-0.05, 0) is 25.5 Å². The third kappa shape index (κ3) is 3.30. The van der Waals surface area contributed by atoms with Gasteiger partial charge in [-0.25, -0.2) is 0 Å². The maximum Gasteiger partial charge on any atom is 0.120 e. The molecule has 0 saturated heterocycles. The molecule has 0 bridgehead atoms. The Balaban J connectivity index is 2.62. The van der Waals surface area contributed by atoms with E-state index in [0.717, 1.165) is 11.3 Å². The van der Waals surface area contributed by atoms with Crippen LogP contribution in [-0.4, -0.2) is 33.5 Å². The molecule has 0 aliphatic heterocycles. The first kappa shape index (κ1) is 13.7. The summed E-state index contributed by atoms with van der Waals surface area (Å²) in [6.45, 7) is 4.11. The van der Waals surface area contributed by atoms with Crippen LogP contribution >= 0.6 is 0 Å². The van der Waals surface area contributed by atoms with E-state index >= 15 is 0 Å². The molecule has 3 N–H and O–H groups in total. The Labute approximate surface area is 101 Å². The van der Waals surface area contributed by atoms with Crippen LogP contribution in [0.2, 0.25) is 0 Å². The third-order valence-electron chi connectivity index (χ3n) is 2.92. The van der Waals surface area contributed by atoms with Crippen LogP contribution in [-0.2, 0) is 13.6 Å². The molecule has 1 aromatic heterocycles. The summed E-state index contributed by atoms with van der Waals surface area (Å²) < 4.78 is 1.83. The highest BCUT2D eigenvalue weighted by Crippen LogP contribution is 2.13. The van der Waals surface area contributed by atoms with Crippen molar-refractivity contribution in [3.05, 3.63) is 23.0 Å². The molecule has 1 rings (SSSR count). The van der Waals surface area contributed by atoms with Crippen molar-refractivity contribution in [2.75, 3.05) is 13.2 Å². The summed E-state index contributed by atoms with van der Waals surface area (Å²) in [6, 6.07) is 3.95. The summed E-state index contributed by atoms with van der Waals surface area (Å²) in [5.74, 6) is 0. The number of nitrogens with zero attached hydrogens (tertiary/aromatic N) is 2. The van der Waals surface area contributed by atoms with E-state index in [1.807, 2.05) is 24.6 Å². The van der Waals surface area contributed by atoms with Gasteiger partial charge in [0.2, 0.25) is 0 Å². The van der Waals surface area contributed by atoms with Crippen LogP contribution in [0.25, 0.3) is 0 Å². The smallest absolute Gasteiger partial charge is 0.120 e. The van der Waals surface area contributed by atoms with Crippen molar-refractivity contribution in [2.45, 2.75) is 26.0 Å². The van der Waals surface area contributed by atoms with Crippen molar-refractivity contribution in [1.82, 2.24) is 9.88 Å². The molecule has 0 aliphatic rings. The lowest BCUT2D eigenvalue weighted by Crippen LogP contribution is -2.40. The number of aromatic nitrogens is 1. The number of hydrogen-bond donors (Lipinski definition) is 3. The lowest BCUT2D eigenvalue weighted by Gasteiger charge is -2.20. The lowest BCUT2D eigenvalue weighted by molar-refractivity contribution is 0.00253. The third-order valence-corrected chi connectivity index (χ3v) is 2.92. The Bertz CT molecular complexity index is 430. The van der Waals surface area contributed by atoms with Gasteiger partial charge in [0.25, 0.3) is 0 Å². The molecule has 0 spiro atoms. The molecule has 1 atom stereocenters. The molecular formula is C12H19N3O2. The van der Waals surface area contributed by atoms with Gasteiger partial charge in [0.05, 0.1) is 12.2 Å². The molecule has 1 unspecified atom stereocenters. The van der Waals surface area contributed by atoms with Gasteiger partial charge in [0, 0.05) is 25.8 Å². The number of aliphatic hydroxyl groups is 2. The summed E-state index contributed by atoms with van der Waals surface area (Å²) in [7, 11) is 1.85. The van der Waals surface area contributed by atoms with E-state index in [1.54, 1.807) is 6.92 Å². The summed E-state index contributed by atoms with van der Waals surface area (Å²) in [5.41, 5.74) is 1.56. The lowest BCUT2D eigenvalue weighted by atomic mass is 10.1. The molecule has 17 heavy (non-hydrogen) atoms. The molecule has 0 radical (unpaired) electrons. The Hall–Kier alpha value is -1.35. The van der Waals surface area contributed by atoms with Gasteiger partial charge in [-0.3, -0.25) is 0 Å². The van der Waals surface area contributed by atoms with Gasteiger partial charge in [-0.15, -0.1) is 0 Å². The highest BCUT2D eigenvalue weighted by molar-refractivity contribution is 5.34. The Morgan fingerprint density at radius 3 is 2.71 bits per heavy atom. The summed E-state index contributed by atoms with van der Waals surface area (Å²) in [4.78, 5) is 0. The van der Waals surface area contributed by atoms with Crippen LogP contribution in [0.15, 0.2) is 6.07 Å². The Morgan fingerprint density at radius 1 is 1.59 bits per heavy atom. The van der Waals surface area contributed by atoms with E-state index in [1.165, 1.54) is 0 Å². The largest absolute Gasteiger partial charge is 0.393 e. The van der Waals surface area contributed by atoms with Crippen molar-refractivity contribution >= 4 is 0 Å². The van der Waals surface area contributed by atoms with Crippen molar-refractivity contribution < 1.29 is 10.2 Å². The zero-order valence-corrected chi connectivity index (χ0v) is 10.5.